The predicted octanol–water partition coefficient (Wildman–Crippen LogP) is 8.77. The van der Waals surface area contributed by atoms with E-state index in [1.165, 1.54) is 27.0 Å². The van der Waals surface area contributed by atoms with E-state index in [0.717, 1.165) is 27.2 Å². The summed E-state index contributed by atoms with van der Waals surface area (Å²) in [4.78, 5) is 5.13. The molecule has 0 aliphatic carbocycles. The van der Waals surface area contributed by atoms with Gasteiger partial charge in [-0.25, -0.2) is 4.98 Å². The molecule has 0 unspecified atom stereocenters. The van der Waals surface area contributed by atoms with Gasteiger partial charge in [-0.1, -0.05) is 81.4 Å². The van der Waals surface area contributed by atoms with Crippen molar-refractivity contribution in [2.45, 2.75) is 33.1 Å². The van der Waals surface area contributed by atoms with Crippen molar-refractivity contribution < 1.29 is 0 Å². The molecule has 0 amide bonds. The molecule has 0 saturated carbocycles. The number of nitrogens with zero attached hydrogens (tertiary/aromatic N) is 2. The quantitative estimate of drug-likeness (QED) is 0.271. The van der Waals surface area contributed by atoms with E-state index in [1.807, 2.05) is 24.3 Å². The summed E-state index contributed by atoms with van der Waals surface area (Å²) >= 11 is 1.77. The lowest BCUT2D eigenvalue weighted by atomic mass is 9.85. The lowest BCUT2D eigenvalue weighted by Crippen LogP contribution is -2.11. The summed E-state index contributed by atoms with van der Waals surface area (Å²) in [5, 5.41) is 10.1. The average molecular weight is 459 g/mol. The molecule has 0 saturated heterocycles. The average Bonchev–Trinajstić information content (AvgIpc) is 3.27. The molecule has 3 heteroatoms. The number of thiazole rings is 1. The van der Waals surface area contributed by atoms with Crippen molar-refractivity contribution in [2.24, 2.45) is 0 Å². The van der Waals surface area contributed by atoms with Crippen molar-refractivity contribution in [3.8, 4) is 38.9 Å². The van der Waals surface area contributed by atoms with Crippen LogP contribution < -0.4 is 0 Å². The van der Waals surface area contributed by atoms with E-state index in [4.69, 9.17) is 10.2 Å². The van der Waals surface area contributed by atoms with Crippen LogP contribution in [-0.2, 0) is 5.41 Å². The molecule has 4 aromatic carbocycles. The molecule has 0 aliphatic rings. The first-order valence-corrected chi connectivity index (χ1v) is 12.3. The van der Waals surface area contributed by atoms with Crippen molar-refractivity contribution >= 4 is 21.6 Å². The number of aryl methyl sites for hydroxylation is 1. The molecule has 0 radical (unpaired) electrons. The summed E-state index contributed by atoms with van der Waals surface area (Å²) in [6.45, 7) is 8.92. The lowest BCUT2D eigenvalue weighted by Gasteiger charge is -2.20. The van der Waals surface area contributed by atoms with Crippen molar-refractivity contribution in [3.63, 3.8) is 0 Å². The number of hydrogen-bond acceptors (Lipinski definition) is 3. The Morgan fingerprint density at radius 2 is 1.38 bits per heavy atom. The van der Waals surface area contributed by atoms with Crippen molar-refractivity contribution in [1.29, 1.82) is 5.26 Å². The molecule has 1 heterocycles. The molecule has 166 valence electrons. The Morgan fingerprint density at radius 3 is 2.00 bits per heavy atom. The third kappa shape index (κ3) is 4.14. The minimum Gasteiger partial charge on any atom is -0.235 e. The molecule has 0 bridgehead atoms. The van der Waals surface area contributed by atoms with Crippen molar-refractivity contribution in [2.75, 3.05) is 0 Å². The maximum absolute atomic E-state index is 9.06. The summed E-state index contributed by atoms with van der Waals surface area (Å²) in [6, 6.07) is 31.7. The van der Waals surface area contributed by atoms with Gasteiger partial charge in [-0.05, 0) is 64.4 Å². The van der Waals surface area contributed by atoms with Crippen LogP contribution in [0.4, 0.5) is 0 Å². The first-order chi connectivity index (χ1) is 16.3. The number of hydrogen-bond donors (Lipinski definition) is 0. The molecule has 0 spiro atoms. The van der Waals surface area contributed by atoms with Crippen LogP contribution in [0.15, 0.2) is 84.9 Å². The molecule has 5 rings (SSSR count). The van der Waals surface area contributed by atoms with Crippen LogP contribution in [0.2, 0.25) is 0 Å². The van der Waals surface area contributed by atoms with Gasteiger partial charge in [-0.2, -0.15) is 5.26 Å². The van der Waals surface area contributed by atoms with Gasteiger partial charge in [-0.15, -0.1) is 11.3 Å². The van der Waals surface area contributed by atoms with Crippen LogP contribution in [0.1, 0.15) is 37.5 Å². The molecule has 2 nitrogen and oxygen atoms in total. The monoisotopic (exact) mass is 458 g/mol. The van der Waals surface area contributed by atoms with Gasteiger partial charge in [0.25, 0.3) is 0 Å². The highest BCUT2D eigenvalue weighted by Crippen LogP contribution is 2.40. The summed E-state index contributed by atoms with van der Waals surface area (Å²) < 4.78 is 1.22. The second-order valence-corrected chi connectivity index (χ2v) is 10.8. The highest BCUT2D eigenvalue weighted by Gasteiger charge is 2.20. The smallest absolute Gasteiger partial charge is 0.124 e. The van der Waals surface area contributed by atoms with Crippen LogP contribution in [0.25, 0.3) is 43.0 Å². The van der Waals surface area contributed by atoms with E-state index in [-0.39, 0.29) is 5.41 Å². The number of aromatic nitrogens is 1. The minimum absolute atomic E-state index is 0.0399. The predicted molar refractivity (Wildman–Crippen MR) is 144 cm³/mol. The third-order valence-corrected chi connectivity index (χ3v) is 7.32. The van der Waals surface area contributed by atoms with Gasteiger partial charge < -0.3 is 0 Å². The Hall–Kier alpha value is -3.74. The SMILES string of the molecule is Cc1ccccc1-c1nc2c(-c3ccc(-c4ccc(C#N)cc4)cc3)cc(C(C)(C)C)cc2s1. The van der Waals surface area contributed by atoms with E-state index < -0.39 is 0 Å². The Bertz CT molecular complexity index is 1530. The molecule has 0 fully saturated rings. The number of benzene rings is 4. The van der Waals surface area contributed by atoms with Gasteiger partial charge in [0.1, 0.15) is 5.01 Å². The number of rotatable bonds is 3. The van der Waals surface area contributed by atoms with Gasteiger partial charge in [0.05, 0.1) is 21.8 Å². The van der Waals surface area contributed by atoms with Crippen molar-refractivity contribution in [3.05, 3.63) is 102 Å². The normalized spacial score (nSPS) is 11.5. The Morgan fingerprint density at radius 1 is 0.765 bits per heavy atom. The lowest BCUT2D eigenvalue weighted by molar-refractivity contribution is 0.591. The largest absolute Gasteiger partial charge is 0.235 e. The van der Waals surface area contributed by atoms with Gasteiger partial charge in [-0.3, -0.25) is 0 Å². The van der Waals surface area contributed by atoms with Crippen LogP contribution in [0.3, 0.4) is 0 Å². The van der Waals surface area contributed by atoms with E-state index >= 15 is 0 Å². The molecule has 0 atom stereocenters. The topological polar surface area (TPSA) is 36.7 Å². The van der Waals surface area contributed by atoms with Gasteiger partial charge in [0, 0.05) is 11.1 Å². The fourth-order valence-electron chi connectivity index (χ4n) is 4.19. The van der Waals surface area contributed by atoms with E-state index in [0.29, 0.717) is 5.56 Å². The Kier molecular flexibility index (Phi) is 5.55. The minimum atomic E-state index is 0.0399. The summed E-state index contributed by atoms with van der Waals surface area (Å²) in [5.74, 6) is 0. The van der Waals surface area contributed by atoms with Crippen LogP contribution in [-0.4, -0.2) is 4.98 Å². The first kappa shape index (κ1) is 22.1. The maximum Gasteiger partial charge on any atom is 0.124 e. The molecular formula is C31H26N2S. The highest BCUT2D eigenvalue weighted by atomic mass is 32.1. The number of nitriles is 1. The second kappa shape index (κ2) is 8.56. The fraction of sp³-hybridized carbons (Fsp3) is 0.161. The van der Waals surface area contributed by atoms with E-state index in [2.05, 4.69) is 94.4 Å². The zero-order valence-electron chi connectivity index (χ0n) is 19.9. The molecular weight excluding hydrogens is 432 g/mol. The first-order valence-electron chi connectivity index (χ1n) is 11.5. The van der Waals surface area contributed by atoms with E-state index in [9.17, 15) is 0 Å². The zero-order chi connectivity index (χ0) is 23.9. The summed E-state index contributed by atoms with van der Waals surface area (Å²) in [5.41, 5.74) is 10.1. The number of fused-ring (bicyclic) bond motifs is 1. The van der Waals surface area contributed by atoms with E-state index in [1.54, 1.807) is 11.3 Å². The Labute approximate surface area is 205 Å². The molecule has 0 aliphatic heterocycles. The van der Waals surface area contributed by atoms with Crippen LogP contribution in [0.5, 0.6) is 0 Å². The highest BCUT2D eigenvalue weighted by molar-refractivity contribution is 7.21. The van der Waals surface area contributed by atoms with Gasteiger partial charge in [0.15, 0.2) is 0 Å². The maximum atomic E-state index is 9.06. The van der Waals surface area contributed by atoms with Crippen LogP contribution in [0, 0.1) is 18.3 Å². The van der Waals surface area contributed by atoms with Gasteiger partial charge in [0.2, 0.25) is 0 Å². The fourth-order valence-corrected chi connectivity index (χ4v) is 5.31. The standard InChI is InChI=1S/C31H26N2S/c1-20-7-5-6-8-26(20)30-33-29-27(17-25(31(2,3)4)18-28(29)34-30)24-15-13-23(14-16-24)22-11-9-21(19-32)10-12-22/h5-18H,1-4H3. The molecule has 5 aromatic rings. The molecule has 0 N–H and O–H groups in total. The van der Waals surface area contributed by atoms with Crippen LogP contribution >= 0.6 is 11.3 Å². The molecule has 34 heavy (non-hydrogen) atoms. The second-order valence-electron chi connectivity index (χ2n) is 9.72. The zero-order valence-corrected chi connectivity index (χ0v) is 20.7. The summed E-state index contributed by atoms with van der Waals surface area (Å²) in [6.07, 6.45) is 0. The van der Waals surface area contributed by atoms with Gasteiger partial charge >= 0.3 is 0 Å². The Balaban J connectivity index is 1.64. The molecule has 1 aromatic heterocycles. The third-order valence-electron chi connectivity index (χ3n) is 6.28. The van der Waals surface area contributed by atoms with Crippen molar-refractivity contribution in [1.82, 2.24) is 4.98 Å². The summed E-state index contributed by atoms with van der Waals surface area (Å²) in [7, 11) is 0.